The minimum atomic E-state index is -0.275. The van der Waals surface area contributed by atoms with Crippen LogP contribution in [-0.2, 0) is 4.79 Å². The van der Waals surface area contributed by atoms with E-state index in [-0.39, 0.29) is 17.4 Å². The first kappa shape index (κ1) is 21.6. The molecular weight excluding hydrogens is 356 g/mol. The summed E-state index contributed by atoms with van der Waals surface area (Å²) in [6.45, 7) is 12.1. The van der Waals surface area contributed by atoms with Crippen LogP contribution in [0.5, 0.6) is 0 Å². The average molecular weight is 401 g/mol. The number of rotatable bonds is 5. The molecule has 0 aromatic heterocycles. The van der Waals surface area contributed by atoms with Gasteiger partial charge in [0.2, 0.25) is 0 Å². The second kappa shape index (κ2) is 7.81. The first-order valence-corrected chi connectivity index (χ1v) is 12.6. The highest BCUT2D eigenvalue weighted by Crippen LogP contribution is 2.66. The molecule has 2 heteroatoms. The van der Waals surface area contributed by atoms with Gasteiger partial charge in [0.1, 0.15) is 0 Å². The predicted octanol–water partition coefficient (Wildman–Crippen LogP) is 6.57. The zero-order valence-electron chi connectivity index (χ0n) is 19.5. The number of hydrogen-bond acceptors (Lipinski definition) is 2. The summed E-state index contributed by atoms with van der Waals surface area (Å²) < 4.78 is 0. The van der Waals surface area contributed by atoms with Gasteiger partial charge in [0, 0.05) is 5.92 Å². The molecule has 3 saturated carbocycles. The van der Waals surface area contributed by atoms with E-state index in [4.69, 9.17) is 0 Å². The van der Waals surface area contributed by atoms with Gasteiger partial charge in [-0.2, -0.15) is 0 Å². The van der Waals surface area contributed by atoms with Gasteiger partial charge in [-0.25, -0.2) is 0 Å². The monoisotopic (exact) mass is 400 g/mol. The Hall–Kier alpha value is -0.630. The van der Waals surface area contributed by atoms with E-state index in [0.29, 0.717) is 29.5 Å². The maximum absolute atomic E-state index is 13.2. The van der Waals surface area contributed by atoms with E-state index in [1.807, 2.05) is 0 Å². The number of fused-ring (bicyclic) bond motifs is 5. The molecule has 0 radical (unpaired) electrons. The smallest absolute Gasteiger partial charge is 0.159 e. The summed E-state index contributed by atoms with van der Waals surface area (Å²) >= 11 is 0. The molecule has 4 aliphatic carbocycles. The molecule has 0 spiro atoms. The molecule has 0 heterocycles. The Morgan fingerprint density at radius 1 is 0.966 bits per heavy atom. The van der Waals surface area contributed by atoms with Crippen LogP contribution in [0.15, 0.2) is 11.6 Å². The fraction of sp³-hybridized carbons (Fsp3) is 0.889. The van der Waals surface area contributed by atoms with Crippen molar-refractivity contribution in [2.24, 2.45) is 46.3 Å². The minimum absolute atomic E-state index is 0.0523. The molecule has 0 aliphatic heterocycles. The molecule has 1 N–H and O–H groups in total. The second-order valence-electron chi connectivity index (χ2n) is 12.2. The Balaban J connectivity index is 1.55. The third-order valence-corrected chi connectivity index (χ3v) is 10.1. The van der Waals surface area contributed by atoms with Crippen LogP contribution in [-0.4, -0.2) is 17.0 Å². The lowest BCUT2D eigenvalue weighted by atomic mass is 9.47. The summed E-state index contributed by atoms with van der Waals surface area (Å²) in [6.07, 6.45) is 13.7. The zero-order valence-corrected chi connectivity index (χ0v) is 19.5. The highest BCUT2D eigenvalue weighted by atomic mass is 16.3. The maximum Gasteiger partial charge on any atom is 0.159 e. The van der Waals surface area contributed by atoms with Crippen molar-refractivity contribution in [2.45, 2.75) is 105 Å². The van der Waals surface area contributed by atoms with Crippen molar-refractivity contribution in [2.75, 3.05) is 0 Å². The fourth-order valence-electron chi connectivity index (χ4n) is 8.37. The van der Waals surface area contributed by atoms with Gasteiger partial charge in [0.15, 0.2) is 5.78 Å². The SMILES string of the molecule is CC(C)CCC[C@@H](C)[C@H]1CC[C@H]2C3=CC(=O)C4CC(O)CC[C@]4(C)[C@H]3CC[C@]12C. The van der Waals surface area contributed by atoms with Crippen LogP contribution >= 0.6 is 0 Å². The highest BCUT2D eigenvalue weighted by molar-refractivity contribution is 5.94. The molecule has 0 amide bonds. The van der Waals surface area contributed by atoms with Crippen molar-refractivity contribution in [3.63, 3.8) is 0 Å². The second-order valence-corrected chi connectivity index (χ2v) is 12.2. The van der Waals surface area contributed by atoms with E-state index < -0.39 is 0 Å². The third kappa shape index (κ3) is 3.56. The van der Waals surface area contributed by atoms with Crippen molar-refractivity contribution in [3.05, 3.63) is 11.6 Å². The number of carbonyl (C=O) groups is 1. The van der Waals surface area contributed by atoms with Crippen molar-refractivity contribution in [3.8, 4) is 0 Å². The fourth-order valence-corrected chi connectivity index (χ4v) is 8.37. The van der Waals surface area contributed by atoms with Gasteiger partial charge in [0.05, 0.1) is 6.10 Å². The van der Waals surface area contributed by atoms with Crippen molar-refractivity contribution >= 4 is 5.78 Å². The standard InChI is InChI=1S/C27H44O2/c1-17(2)7-6-8-18(3)21-9-10-22-20-16-25(29)24-15-19(28)11-13-27(24,5)23(20)12-14-26(21,22)4/h16-19,21-24,28H,6-15H2,1-5H3/t18-,19?,21-,22+,23+,24?,26-,27-/m1/s1. The van der Waals surface area contributed by atoms with E-state index in [9.17, 15) is 9.90 Å². The summed E-state index contributed by atoms with van der Waals surface area (Å²) in [5.41, 5.74) is 2.00. The number of hydrogen-bond donors (Lipinski definition) is 1. The Labute approximate surface area is 178 Å². The summed E-state index contributed by atoms with van der Waals surface area (Å²) in [7, 11) is 0. The van der Waals surface area contributed by atoms with Crippen LogP contribution in [0.25, 0.3) is 0 Å². The average Bonchev–Trinajstić information content (AvgIpc) is 3.00. The van der Waals surface area contributed by atoms with Gasteiger partial charge in [0.25, 0.3) is 0 Å². The number of allylic oxidation sites excluding steroid dienone is 2. The molecule has 4 aliphatic rings. The molecule has 0 aromatic rings. The first-order valence-electron chi connectivity index (χ1n) is 12.6. The van der Waals surface area contributed by atoms with Crippen LogP contribution in [0, 0.1) is 46.3 Å². The molecule has 0 aromatic carbocycles. The van der Waals surface area contributed by atoms with E-state index in [0.717, 1.165) is 30.6 Å². The lowest BCUT2D eigenvalue weighted by Crippen LogP contribution is -2.52. The van der Waals surface area contributed by atoms with Crippen molar-refractivity contribution in [1.29, 1.82) is 0 Å². The third-order valence-electron chi connectivity index (χ3n) is 10.1. The first-order chi connectivity index (χ1) is 13.7. The van der Waals surface area contributed by atoms with E-state index in [1.54, 1.807) is 0 Å². The molecular formula is C27H44O2. The topological polar surface area (TPSA) is 37.3 Å². The van der Waals surface area contributed by atoms with Crippen LogP contribution < -0.4 is 0 Å². The Morgan fingerprint density at radius 3 is 2.38 bits per heavy atom. The van der Waals surface area contributed by atoms with E-state index in [1.165, 1.54) is 50.5 Å². The minimum Gasteiger partial charge on any atom is -0.393 e. The molecule has 29 heavy (non-hydrogen) atoms. The molecule has 2 nitrogen and oxygen atoms in total. The molecule has 3 fully saturated rings. The van der Waals surface area contributed by atoms with Crippen molar-refractivity contribution in [1.82, 2.24) is 0 Å². The van der Waals surface area contributed by atoms with Crippen molar-refractivity contribution < 1.29 is 9.90 Å². The summed E-state index contributed by atoms with van der Waals surface area (Å²) in [5.74, 6) is 4.00. The number of aliphatic hydroxyl groups excluding tert-OH is 1. The highest BCUT2D eigenvalue weighted by Gasteiger charge is 2.59. The van der Waals surface area contributed by atoms with Crippen LogP contribution in [0.2, 0.25) is 0 Å². The molecule has 2 unspecified atom stereocenters. The molecule has 0 bridgehead atoms. The lowest BCUT2D eigenvalue weighted by molar-refractivity contribution is -0.132. The van der Waals surface area contributed by atoms with Crippen LogP contribution in [0.1, 0.15) is 98.8 Å². The van der Waals surface area contributed by atoms with Crippen LogP contribution in [0.4, 0.5) is 0 Å². The Morgan fingerprint density at radius 2 is 1.66 bits per heavy atom. The summed E-state index contributed by atoms with van der Waals surface area (Å²) in [6, 6.07) is 0. The number of carbonyl (C=O) groups excluding carboxylic acids is 1. The number of aliphatic hydroxyl groups is 1. The Bertz CT molecular complexity index is 663. The predicted molar refractivity (Wildman–Crippen MR) is 119 cm³/mol. The largest absolute Gasteiger partial charge is 0.393 e. The summed E-state index contributed by atoms with van der Waals surface area (Å²) in [4.78, 5) is 13.2. The number of ketones is 1. The lowest BCUT2D eigenvalue weighted by Gasteiger charge is -2.57. The van der Waals surface area contributed by atoms with Gasteiger partial charge >= 0.3 is 0 Å². The van der Waals surface area contributed by atoms with Gasteiger partial charge in [-0.05, 0) is 91.4 Å². The molecule has 0 saturated heterocycles. The summed E-state index contributed by atoms with van der Waals surface area (Å²) in [5, 5.41) is 10.2. The van der Waals surface area contributed by atoms with Gasteiger partial charge < -0.3 is 5.11 Å². The normalized spacial score (nSPS) is 45.4. The van der Waals surface area contributed by atoms with Gasteiger partial charge in [-0.1, -0.05) is 59.5 Å². The Kier molecular flexibility index (Phi) is 5.82. The molecule has 4 rings (SSSR count). The van der Waals surface area contributed by atoms with Gasteiger partial charge in [-0.3, -0.25) is 4.79 Å². The maximum atomic E-state index is 13.2. The molecule has 164 valence electrons. The quantitative estimate of drug-likeness (QED) is 0.567. The zero-order chi connectivity index (χ0) is 21.0. The van der Waals surface area contributed by atoms with E-state index in [2.05, 4.69) is 40.7 Å². The van der Waals surface area contributed by atoms with Gasteiger partial charge in [-0.15, -0.1) is 0 Å². The van der Waals surface area contributed by atoms with Crippen LogP contribution in [0.3, 0.4) is 0 Å². The molecule has 8 atom stereocenters. The van der Waals surface area contributed by atoms with E-state index >= 15 is 0 Å².